The highest BCUT2D eigenvalue weighted by Gasteiger charge is 2.19. The molecule has 5 aromatic heterocycles. The van der Waals surface area contributed by atoms with Crippen LogP contribution in [0.2, 0.25) is 0 Å². The van der Waals surface area contributed by atoms with Gasteiger partial charge >= 0.3 is 0 Å². The predicted octanol–water partition coefficient (Wildman–Crippen LogP) is 11.8. The van der Waals surface area contributed by atoms with Gasteiger partial charge in [-0.3, -0.25) is 9.97 Å². The van der Waals surface area contributed by atoms with Crippen LogP contribution >= 0.6 is 0 Å². The summed E-state index contributed by atoms with van der Waals surface area (Å²) in [6.45, 7) is 0. The Morgan fingerprint density at radius 1 is 0.233 bits per heavy atom. The molecular weight excluding hydrogens is 737 g/mol. The second-order valence-corrected chi connectivity index (χ2v) is 14.1. The summed E-state index contributed by atoms with van der Waals surface area (Å²) in [6.07, 6.45) is 3.55. The van der Waals surface area contributed by atoms with Gasteiger partial charge in [-0.15, -0.1) is 0 Å². The van der Waals surface area contributed by atoms with Crippen LogP contribution < -0.4 is 0 Å². The van der Waals surface area contributed by atoms with E-state index < -0.39 is 0 Å². The average Bonchev–Trinajstić information content (AvgIpc) is 3.35. The molecule has 0 bridgehead atoms. The highest BCUT2D eigenvalue weighted by atomic mass is 15.0. The van der Waals surface area contributed by atoms with Crippen molar-refractivity contribution in [3.05, 3.63) is 207 Å². The molecular formula is C52H34N8. The highest BCUT2D eigenvalue weighted by molar-refractivity contribution is 5.83. The molecule has 0 aliphatic heterocycles. The van der Waals surface area contributed by atoms with Gasteiger partial charge in [-0.25, -0.2) is 29.9 Å². The standard InChI is InChI=1S/C52H34N8/c1-6-17-35(18-7-1)41-32-46(45-31-40(28-30-53-45)51-59-49(38-23-12-4-13-24-38)58-50(60-51)39-25-14-5-15-26-39)55-47(33-41)48-42(27-16-29-54-48)52-56-43(36-19-8-2-9-20-36)34-44(57-52)37-21-10-3-11-22-37/h1-34H. The first kappa shape index (κ1) is 36.0. The van der Waals surface area contributed by atoms with Crippen LogP contribution in [0.15, 0.2) is 207 Å². The normalized spacial score (nSPS) is 11.0. The Balaban J connectivity index is 1.13. The summed E-state index contributed by atoms with van der Waals surface area (Å²) >= 11 is 0. The van der Waals surface area contributed by atoms with Crippen LogP contribution in [0.25, 0.3) is 102 Å². The topological polar surface area (TPSA) is 103 Å². The Hall–Kier alpha value is -8.36. The first-order valence-corrected chi connectivity index (χ1v) is 19.6. The van der Waals surface area contributed by atoms with Gasteiger partial charge in [0, 0.05) is 45.8 Å². The Bertz CT molecular complexity index is 2960. The molecule has 0 spiro atoms. The molecule has 8 nitrogen and oxygen atoms in total. The van der Waals surface area contributed by atoms with E-state index >= 15 is 0 Å². The number of hydrogen-bond donors (Lipinski definition) is 0. The second kappa shape index (κ2) is 16.2. The van der Waals surface area contributed by atoms with Gasteiger partial charge in [0.15, 0.2) is 23.3 Å². The largest absolute Gasteiger partial charge is 0.255 e. The second-order valence-electron chi connectivity index (χ2n) is 14.1. The maximum absolute atomic E-state index is 5.28. The Kier molecular flexibility index (Phi) is 9.75. The fourth-order valence-corrected chi connectivity index (χ4v) is 7.10. The lowest BCUT2D eigenvalue weighted by Gasteiger charge is -2.14. The van der Waals surface area contributed by atoms with Crippen LogP contribution in [0.3, 0.4) is 0 Å². The van der Waals surface area contributed by atoms with Gasteiger partial charge in [-0.2, -0.15) is 0 Å². The number of benzene rings is 5. The van der Waals surface area contributed by atoms with Crippen molar-refractivity contribution in [1.82, 2.24) is 39.9 Å². The zero-order valence-corrected chi connectivity index (χ0v) is 32.2. The summed E-state index contributed by atoms with van der Waals surface area (Å²) in [4.78, 5) is 40.2. The van der Waals surface area contributed by atoms with Crippen LogP contribution in [-0.4, -0.2) is 39.9 Å². The van der Waals surface area contributed by atoms with Crippen molar-refractivity contribution in [1.29, 1.82) is 0 Å². The molecule has 0 aliphatic carbocycles. The number of pyridine rings is 3. The summed E-state index contributed by atoms with van der Waals surface area (Å²) in [5.74, 6) is 2.24. The lowest BCUT2D eigenvalue weighted by molar-refractivity contribution is 1.07. The molecule has 10 rings (SSSR count). The van der Waals surface area contributed by atoms with Crippen molar-refractivity contribution in [3.63, 3.8) is 0 Å². The van der Waals surface area contributed by atoms with Crippen molar-refractivity contribution in [2.24, 2.45) is 0 Å². The Morgan fingerprint density at radius 2 is 0.700 bits per heavy atom. The zero-order chi connectivity index (χ0) is 40.1. The SMILES string of the molecule is c1ccc(-c2cc(-c3cc(-c4nc(-c5ccccc5)nc(-c5ccccc5)n4)ccn3)nc(-c3ncccc3-c3nc(-c4ccccc4)cc(-c4ccccc4)n3)c2)cc1. The Morgan fingerprint density at radius 3 is 1.25 bits per heavy atom. The molecule has 5 aromatic carbocycles. The third-order valence-electron chi connectivity index (χ3n) is 10.1. The third kappa shape index (κ3) is 7.56. The predicted molar refractivity (Wildman–Crippen MR) is 238 cm³/mol. The lowest BCUT2D eigenvalue weighted by atomic mass is 10.0. The summed E-state index contributed by atoms with van der Waals surface area (Å²) in [5.41, 5.74) is 11.5. The van der Waals surface area contributed by atoms with Crippen molar-refractivity contribution < 1.29 is 0 Å². The van der Waals surface area contributed by atoms with E-state index in [1.165, 1.54) is 0 Å². The molecule has 5 heterocycles. The zero-order valence-electron chi connectivity index (χ0n) is 32.2. The maximum Gasteiger partial charge on any atom is 0.164 e. The molecule has 60 heavy (non-hydrogen) atoms. The molecule has 0 fully saturated rings. The summed E-state index contributed by atoms with van der Waals surface area (Å²) in [7, 11) is 0. The van der Waals surface area contributed by atoms with E-state index in [0.717, 1.165) is 55.9 Å². The molecule has 0 saturated carbocycles. The molecule has 0 radical (unpaired) electrons. The van der Waals surface area contributed by atoms with Crippen LogP contribution in [0.4, 0.5) is 0 Å². The van der Waals surface area contributed by atoms with E-state index in [-0.39, 0.29) is 0 Å². The maximum atomic E-state index is 5.28. The first-order chi connectivity index (χ1) is 29.7. The molecule has 0 atom stereocenters. The quantitative estimate of drug-likeness (QED) is 0.143. The van der Waals surface area contributed by atoms with Gasteiger partial charge in [0.05, 0.1) is 34.2 Å². The van der Waals surface area contributed by atoms with Gasteiger partial charge < -0.3 is 0 Å². The number of rotatable bonds is 9. The summed E-state index contributed by atoms with van der Waals surface area (Å²) in [6, 6.07) is 64.5. The number of nitrogens with zero attached hydrogens (tertiary/aromatic N) is 8. The molecule has 8 heteroatoms. The fraction of sp³-hybridized carbons (Fsp3) is 0. The molecule has 10 aromatic rings. The summed E-state index contributed by atoms with van der Waals surface area (Å²) < 4.78 is 0. The monoisotopic (exact) mass is 770 g/mol. The smallest absolute Gasteiger partial charge is 0.164 e. The van der Waals surface area contributed by atoms with Crippen LogP contribution in [0.1, 0.15) is 0 Å². The van der Waals surface area contributed by atoms with E-state index in [0.29, 0.717) is 46.1 Å². The van der Waals surface area contributed by atoms with Gasteiger partial charge in [0.2, 0.25) is 0 Å². The van der Waals surface area contributed by atoms with E-state index in [1.54, 1.807) is 12.4 Å². The average molecular weight is 771 g/mol. The molecule has 282 valence electrons. The van der Waals surface area contributed by atoms with E-state index in [9.17, 15) is 0 Å². The van der Waals surface area contributed by atoms with E-state index in [2.05, 4.69) is 48.5 Å². The Labute approximate surface area is 347 Å². The van der Waals surface area contributed by atoms with Crippen molar-refractivity contribution in [2.75, 3.05) is 0 Å². The fourth-order valence-electron chi connectivity index (χ4n) is 7.10. The molecule has 0 saturated heterocycles. The van der Waals surface area contributed by atoms with Gasteiger partial charge in [0.25, 0.3) is 0 Å². The van der Waals surface area contributed by atoms with Crippen LogP contribution in [0, 0.1) is 0 Å². The van der Waals surface area contributed by atoms with E-state index in [4.69, 9.17) is 39.9 Å². The minimum atomic E-state index is 0.530. The van der Waals surface area contributed by atoms with Gasteiger partial charge in [-0.05, 0) is 53.6 Å². The minimum Gasteiger partial charge on any atom is -0.255 e. The van der Waals surface area contributed by atoms with Crippen molar-refractivity contribution in [3.8, 4) is 102 Å². The van der Waals surface area contributed by atoms with Crippen LogP contribution in [0.5, 0.6) is 0 Å². The van der Waals surface area contributed by atoms with Crippen molar-refractivity contribution in [2.45, 2.75) is 0 Å². The van der Waals surface area contributed by atoms with Gasteiger partial charge in [0.1, 0.15) is 0 Å². The number of aromatic nitrogens is 8. The number of hydrogen-bond acceptors (Lipinski definition) is 8. The summed E-state index contributed by atoms with van der Waals surface area (Å²) in [5, 5.41) is 0. The molecule has 0 N–H and O–H groups in total. The molecule has 0 amide bonds. The van der Waals surface area contributed by atoms with Crippen LogP contribution in [-0.2, 0) is 0 Å². The molecule has 0 unspecified atom stereocenters. The minimum absolute atomic E-state index is 0.530. The first-order valence-electron chi connectivity index (χ1n) is 19.6. The lowest BCUT2D eigenvalue weighted by Crippen LogP contribution is -2.01. The molecule has 0 aliphatic rings. The van der Waals surface area contributed by atoms with Gasteiger partial charge in [-0.1, -0.05) is 152 Å². The highest BCUT2D eigenvalue weighted by Crippen LogP contribution is 2.36. The van der Waals surface area contributed by atoms with E-state index in [1.807, 2.05) is 146 Å². The van der Waals surface area contributed by atoms with Crippen molar-refractivity contribution >= 4 is 0 Å². The third-order valence-corrected chi connectivity index (χ3v) is 10.1.